The Balaban J connectivity index is 2.65. The van der Waals surface area contributed by atoms with Gasteiger partial charge in [-0.05, 0) is 48.8 Å². The Morgan fingerprint density at radius 2 is 1.81 bits per heavy atom. The normalized spacial score (nSPS) is 13.9. The van der Waals surface area contributed by atoms with Crippen LogP contribution >= 0.6 is 15.9 Å². The molecule has 90 valence electrons. The standard InChI is InChI=1S/C15H23Br/c1-11-7-6-8-13(12(11)2)9-10-14(16)15(3,4)5/h6-8,14H,9-10H2,1-5H3. The van der Waals surface area contributed by atoms with Crippen molar-refractivity contribution in [2.45, 2.75) is 52.3 Å². The first-order chi connectivity index (χ1) is 7.32. The van der Waals surface area contributed by atoms with Crippen molar-refractivity contribution in [3.63, 3.8) is 0 Å². The number of alkyl halides is 1. The van der Waals surface area contributed by atoms with Gasteiger partial charge in [-0.1, -0.05) is 54.9 Å². The molecular weight excluding hydrogens is 260 g/mol. The van der Waals surface area contributed by atoms with Gasteiger partial charge in [-0.2, -0.15) is 0 Å². The molecule has 0 N–H and O–H groups in total. The van der Waals surface area contributed by atoms with Crippen molar-refractivity contribution in [1.29, 1.82) is 0 Å². The predicted molar refractivity (Wildman–Crippen MR) is 76.4 cm³/mol. The van der Waals surface area contributed by atoms with E-state index >= 15 is 0 Å². The lowest BCUT2D eigenvalue weighted by Gasteiger charge is -2.25. The predicted octanol–water partition coefficient (Wildman–Crippen LogP) is 5.05. The van der Waals surface area contributed by atoms with Gasteiger partial charge < -0.3 is 0 Å². The maximum absolute atomic E-state index is 3.80. The fourth-order valence-electron chi connectivity index (χ4n) is 1.80. The highest BCUT2D eigenvalue weighted by molar-refractivity contribution is 9.09. The first-order valence-electron chi connectivity index (χ1n) is 6.01. The van der Waals surface area contributed by atoms with Crippen molar-refractivity contribution >= 4 is 15.9 Å². The molecule has 1 heteroatoms. The van der Waals surface area contributed by atoms with Gasteiger partial charge in [-0.3, -0.25) is 0 Å². The maximum Gasteiger partial charge on any atom is 0.0197 e. The Morgan fingerprint density at radius 1 is 1.19 bits per heavy atom. The molecule has 0 radical (unpaired) electrons. The molecule has 1 atom stereocenters. The number of halogens is 1. The Kier molecular flexibility index (Phi) is 4.61. The van der Waals surface area contributed by atoms with Crippen LogP contribution in [0, 0.1) is 19.3 Å². The molecule has 0 bridgehead atoms. The van der Waals surface area contributed by atoms with Crippen LogP contribution in [-0.4, -0.2) is 4.83 Å². The van der Waals surface area contributed by atoms with Crippen LogP contribution in [0.2, 0.25) is 0 Å². The lowest BCUT2D eigenvalue weighted by Crippen LogP contribution is -2.20. The maximum atomic E-state index is 3.80. The van der Waals surface area contributed by atoms with Crippen LogP contribution in [0.3, 0.4) is 0 Å². The van der Waals surface area contributed by atoms with E-state index in [1.807, 2.05) is 0 Å². The zero-order valence-corrected chi connectivity index (χ0v) is 12.7. The van der Waals surface area contributed by atoms with E-state index in [4.69, 9.17) is 0 Å². The summed E-state index contributed by atoms with van der Waals surface area (Å²) in [5.74, 6) is 0. The molecule has 1 aromatic rings. The lowest BCUT2D eigenvalue weighted by atomic mass is 9.88. The molecule has 0 fully saturated rings. The summed E-state index contributed by atoms with van der Waals surface area (Å²) in [6.45, 7) is 11.3. The van der Waals surface area contributed by atoms with Gasteiger partial charge in [0.15, 0.2) is 0 Å². The fourth-order valence-corrected chi connectivity index (χ4v) is 2.03. The number of hydrogen-bond acceptors (Lipinski definition) is 0. The number of hydrogen-bond donors (Lipinski definition) is 0. The summed E-state index contributed by atoms with van der Waals surface area (Å²) in [7, 11) is 0. The van der Waals surface area contributed by atoms with Gasteiger partial charge in [0.25, 0.3) is 0 Å². The Hall–Kier alpha value is -0.300. The molecule has 0 aliphatic carbocycles. The molecule has 16 heavy (non-hydrogen) atoms. The molecular formula is C15H23Br. The zero-order chi connectivity index (χ0) is 12.3. The summed E-state index contributed by atoms with van der Waals surface area (Å²) < 4.78 is 0. The highest BCUT2D eigenvalue weighted by Gasteiger charge is 2.21. The van der Waals surface area contributed by atoms with Gasteiger partial charge in [-0.25, -0.2) is 0 Å². The van der Waals surface area contributed by atoms with Gasteiger partial charge >= 0.3 is 0 Å². The highest BCUT2D eigenvalue weighted by Crippen LogP contribution is 2.30. The van der Waals surface area contributed by atoms with Crippen LogP contribution in [0.25, 0.3) is 0 Å². The fraction of sp³-hybridized carbons (Fsp3) is 0.600. The van der Waals surface area contributed by atoms with Crippen molar-refractivity contribution in [3.05, 3.63) is 34.9 Å². The molecule has 1 rings (SSSR count). The van der Waals surface area contributed by atoms with E-state index in [1.165, 1.54) is 29.5 Å². The van der Waals surface area contributed by atoms with Crippen molar-refractivity contribution in [2.75, 3.05) is 0 Å². The van der Waals surface area contributed by atoms with E-state index in [0.717, 1.165) is 0 Å². The molecule has 1 aromatic carbocycles. The quantitative estimate of drug-likeness (QED) is 0.681. The largest absolute Gasteiger partial charge is 0.0885 e. The van der Waals surface area contributed by atoms with Crippen molar-refractivity contribution in [2.24, 2.45) is 5.41 Å². The Labute approximate surface area is 109 Å². The van der Waals surface area contributed by atoms with Gasteiger partial charge in [-0.15, -0.1) is 0 Å². The van der Waals surface area contributed by atoms with Gasteiger partial charge in [0.2, 0.25) is 0 Å². The SMILES string of the molecule is Cc1cccc(CCC(Br)C(C)(C)C)c1C. The molecule has 0 amide bonds. The molecule has 0 saturated heterocycles. The van der Waals surface area contributed by atoms with Crippen LogP contribution in [0.5, 0.6) is 0 Å². The molecule has 0 saturated carbocycles. The molecule has 0 spiro atoms. The average Bonchev–Trinajstić information content (AvgIpc) is 2.18. The third-order valence-corrected chi connectivity index (χ3v) is 5.15. The Bertz CT molecular complexity index is 347. The van der Waals surface area contributed by atoms with Gasteiger partial charge in [0.1, 0.15) is 0 Å². The summed E-state index contributed by atoms with van der Waals surface area (Å²) in [5.41, 5.74) is 4.70. The van der Waals surface area contributed by atoms with E-state index in [9.17, 15) is 0 Å². The summed E-state index contributed by atoms with van der Waals surface area (Å²) in [6, 6.07) is 6.61. The first kappa shape index (κ1) is 13.8. The van der Waals surface area contributed by atoms with Crippen molar-refractivity contribution in [3.8, 4) is 0 Å². The second kappa shape index (κ2) is 5.35. The van der Waals surface area contributed by atoms with Crippen molar-refractivity contribution in [1.82, 2.24) is 0 Å². The summed E-state index contributed by atoms with van der Waals surface area (Å²) in [5, 5.41) is 0. The molecule has 0 aliphatic heterocycles. The second-order valence-electron chi connectivity index (χ2n) is 5.73. The monoisotopic (exact) mass is 282 g/mol. The number of rotatable bonds is 3. The number of benzene rings is 1. The van der Waals surface area contributed by atoms with Crippen LogP contribution in [0.4, 0.5) is 0 Å². The number of aryl methyl sites for hydroxylation is 2. The summed E-state index contributed by atoms with van der Waals surface area (Å²) in [6.07, 6.45) is 2.37. The first-order valence-corrected chi connectivity index (χ1v) is 6.93. The minimum Gasteiger partial charge on any atom is -0.0885 e. The zero-order valence-electron chi connectivity index (χ0n) is 11.1. The highest BCUT2D eigenvalue weighted by atomic mass is 79.9. The average molecular weight is 283 g/mol. The van der Waals surface area contributed by atoms with E-state index in [0.29, 0.717) is 10.2 Å². The van der Waals surface area contributed by atoms with Crippen LogP contribution in [0.15, 0.2) is 18.2 Å². The van der Waals surface area contributed by atoms with Crippen LogP contribution in [-0.2, 0) is 6.42 Å². The summed E-state index contributed by atoms with van der Waals surface area (Å²) in [4.78, 5) is 0.583. The molecule has 0 heterocycles. The Morgan fingerprint density at radius 3 is 2.38 bits per heavy atom. The molecule has 0 aromatic heterocycles. The second-order valence-corrected chi connectivity index (χ2v) is 6.84. The smallest absolute Gasteiger partial charge is 0.0197 e. The van der Waals surface area contributed by atoms with Crippen LogP contribution < -0.4 is 0 Å². The minimum atomic E-state index is 0.345. The summed E-state index contributed by atoms with van der Waals surface area (Å²) >= 11 is 3.80. The van der Waals surface area contributed by atoms with Crippen LogP contribution in [0.1, 0.15) is 43.9 Å². The molecule has 0 nitrogen and oxygen atoms in total. The van der Waals surface area contributed by atoms with Gasteiger partial charge in [0.05, 0.1) is 0 Å². The third kappa shape index (κ3) is 3.62. The topological polar surface area (TPSA) is 0 Å². The van der Waals surface area contributed by atoms with E-state index < -0.39 is 0 Å². The lowest BCUT2D eigenvalue weighted by molar-refractivity contribution is 0.385. The van der Waals surface area contributed by atoms with Gasteiger partial charge in [0, 0.05) is 4.83 Å². The minimum absolute atomic E-state index is 0.345. The van der Waals surface area contributed by atoms with E-state index in [1.54, 1.807) is 0 Å². The van der Waals surface area contributed by atoms with Crippen molar-refractivity contribution < 1.29 is 0 Å². The third-order valence-electron chi connectivity index (χ3n) is 3.32. The molecule has 1 unspecified atom stereocenters. The van der Waals surface area contributed by atoms with E-state index in [2.05, 4.69) is 68.7 Å². The molecule has 0 aliphatic rings. The van der Waals surface area contributed by atoms with E-state index in [-0.39, 0.29) is 0 Å².